The molecule has 1 saturated carbocycles. The van der Waals surface area contributed by atoms with Gasteiger partial charge in [0.05, 0.1) is 24.7 Å². The lowest BCUT2D eigenvalue weighted by molar-refractivity contribution is -0.120. The maximum Gasteiger partial charge on any atom is 0.276 e. The lowest BCUT2D eigenvalue weighted by Gasteiger charge is -2.41. The van der Waals surface area contributed by atoms with E-state index in [4.69, 9.17) is 8.37 Å². The van der Waals surface area contributed by atoms with Crippen molar-refractivity contribution in [2.45, 2.75) is 45.4 Å². The minimum atomic E-state index is -3.54. The molecule has 0 spiro atoms. The van der Waals surface area contributed by atoms with Gasteiger partial charge in [0, 0.05) is 17.4 Å². The van der Waals surface area contributed by atoms with Gasteiger partial charge in [0.1, 0.15) is 5.78 Å². The molecule has 130 valence electrons. The van der Waals surface area contributed by atoms with Crippen LogP contribution in [0.15, 0.2) is 0 Å². The molecule has 1 saturated heterocycles. The average molecular weight is 353 g/mol. The third-order valence-electron chi connectivity index (χ3n) is 4.41. The van der Waals surface area contributed by atoms with Gasteiger partial charge in [-0.05, 0) is 19.3 Å². The van der Waals surface area contributed by atoms with Crippen LogP contribution in [0.5, 0.6) is 0 Å². The first-order valence-electron chi connectivity index (χ1n) is 8.27. The van der Waals surface area contributed by atoms with Crippen molar-refractivity contribution >= 4 is 26.2 Å². The summed E-state index contributed by atoms with van der Waals surface area (Å²) < 4.78 is 35.4. The van der Waals surface area contributed by atoms with E-state index in [-0.39, 0.29) is 17.5 Å². The highest BCUT2D eigenvalue weighted by molar-refractivity contribution is 8.33. The van der Waals surface area contributed by atoms with E-state index in [9.17, 15) is 13.2 Å². The van der Waals surface area contributed by atoms with Crippen molar-refractivity contribution in [3.8, 4) is 0 Å². The van der Waals surface area contributed by atoms with Crippen molar-refractivity contribution in [1.82, 2.24) is 0 Å². The summed E-state index contributed by atoms with van der Waals surface area (Å²) in [6.07, 6.45) is 5.54. The Kier molecular flexibility index (Phi) is 6.73. The van der Waals surface area contributed by atoms with Gasteiger partial charge in [-0.15, -0.1) is 10.3 Å². The molecule has 0 aromatic rings. The van der Waals surface area contributed by atoms with E-state index in [2.05, 4.69) is 0 Å². The highest BCUT2D eigenvalue weighted by atomic mass is 32.3. The van der Waals surface area contributed by atoms with E-state index >= 15 is 0 Å². The van der Waals surface area contributed by atoms with Crippen molar-refractivity contribution in [2.24, 2.45) is 5.92 Å². The summed E-state index contributed by atoms with van der Waals surface area (Å²) in [7, 11) is -5.43. The van der Waals surface area contributed by atoms with Gasteiger partial charge in [0.2, 0.25) is 0 Å². The van der Waals surface area contributed by atoms with E-state index in [1.54, 1.807) is 0 Å². The van der Waals surface area contributed by atoms with Gasteiger partial charge in [0.25, 0.3) is 10.1 Å². The molecule has 0 N–H and O–H groups in total. The number of rotatable bonds is 8. The second kappa shape index (κ2) is 8.13. The largest absolute Gasteiger partial charge is 0.380 e. The van der Waals surface area contributed by atoms with Crippen LogP contribution >= 0.6 is 10.3 Å². The zero-order chi connectivity index (χ0) is 16.1. The standard InChI is InChI=1S/C15H28O5S2/c1-2-3-10-22(17,18)20-21(11-8-19-9-12-21)13-15(16)14-6-4-5-7-14/h14H,2-13H2,1H3. The second-order valence-corrected chi connectivity index (χ2v) is 11.4. The molecule has 5 nitrogen and oxygen atoms in total. The molecule has 0 radical (unpaired) electrons. The molecule has 1 heterocycles. The van der Waals surface area contributed by atoms with Crippen molar-refractivity contribution in [3.63, 3.8) is 0 Å². The number of ether oxygens (including phenoxy) is 1. The van der Waals surface area contributed by atoms with E-state index in [0.717, 1.165) is 32.1 Å². The van der Waals surface area contributed by atoms with E-state index in [1.807, 2.05) is 6.92 Å². The van der Waals surface area contributed by atoms with Crippen LogP contribution in [0.2, 0.25) is 0 Å². The van der Waals surface area contributed by atoms with Crippen LogP contribution in [0.4, 0.5) is 0 Å². The molecule has 2 aliphatic rings. The van der Waals surface area contributed by atoms with Gasteiger partial charge in [-0.1, -0.05) is 26.2 Å². The average Bonchev–Trinajstić information content (AvgIpc) is 2.99. The molecule has 0 aromatic heterocycles. The molecule has 1 aliphatic carbocycles. The highest BCUT2D eigenvalue weighted by Gasteiger charge is 2.37. The predicted molar refractivity (Wildman–Crippen MR) is 89.8 cm³/mol. The Hall–Kier alpha value is -0.110. The number of carbonyl (C=O) groups excluding carboxylic acids is 1. The Balaban J connectivity index is 2.04. The first-order chi connectivity index (χ1) is 10.5. The molecule has 0 aromatic carbocycles. The van der Waals surface area contributed by atoms with Crippen LogP contribution in [0, 0.1) is 5.92 Å². The lowest BCUT2D eigenvalue weighted by atomic mass is 10.0. The van der Waals surface area contributed by atoms with E-state index in [0.29, 0.717) is 36.9 Å². The third-order valence-corrected chi connectivity index (χ3v) is 9.82. The topological polar surface area (TPSA) is 69.7 Å². The third kappa shape index (κ3) is 5.22. The molecule has 7 heteroatoms. The fourth-order valence-corrected chi connectivity index (χ4v) is 8.56. The van der Waals surface area contributed by atoms with Crippen LogP contribution in [-0.2, 0) is 23.3 Å². The summed E-state index contributed by atoms with van der Waals surface area (Å²) in [5.74, 6) is 1.81. The quantitative estimate of drug-likeness (QED) is 0.672. The van der Waals surface area contributed by atoms with Crippen molar-refractivity contribution in [1.29, 1.82) is 0 Å². The summed E-state index contributed by atoms with van der Waals surface area (Å²) >= 11 is 0. The molecule has 0 bridgehead atoms. The number of hydrogen-bond acceptors (Lipinski definition) is 5. The highest BCUT2D eigenvalue weighted by Crippen LogP contribution is 2.52. The Labute approximate surface area is 135 Å². The lowest BCUT2D eigenvalue weighted by Crippen LogP contribution is -2.34. The molecule has 0 amide bonds. The minimum absolute atomic E-state index is 0.0523. The SMILES string of the molecule is CCCCS(=O)(=O)OS1(CC(=O)C2CCCC2)CCOCC1. The predicted octanol–water partition coefficient (Wildman–Crippen LogP) is 2.64. The van der Waals surface area contributed by atoms with E-state index in [1.165, 1.54) is 0 Å². The zero-order valence-corrected chi connectivity index (χ0v) is 15.1. The van der Waals surface area contributed by atoms with Gasteiger partial charge in [-0.25, -0.2) is 3.63 Å². The maximum atomic E-state index is 12.5. The fraction of sp³-hybridized carbons (Fsp3) is 0.933. The molecule has 2 rings (SSSR count). The summed E-state index contributed by atoms with van der Waals surface area (Å²) in [6, 6.07) is 0. The summed E-state index contributed by atoms with van der Waals surface area (Å²) in [6.45, 7) is 2.95. The van der Waals surface area contributed by atoms with Gasteiger partial charge in [-0.3, -0.25) is 4.79 Å². The van der Waals surface area contributed by atoms with Crippen LogP contribution in [-0.4, -0.2) is 50.4 Å². The van der Waals surface area contributed by atoms with Gasteiger partial charge in [0.15, 0.2) is 0 Å². The molecule has 2 fully saturated rings. The van der Waals surface area contributed by atoms with Crippen molar-refractivity contribution in [3.05, 3.63) is 0 Å². The summed E-state index contributed by atoms with van der Waals surface area (Å²) in [5.41, 5.74) is 0. The first kappa shape index (κ1) is 18.2. The normalized spacial score (nSPS) is 24.2. The molecular formula is C15H28O5S2. The van der Waals surface area contributed by atoms with Gasteiger partial charge in [-0.2, -0.15) is 8.42 Å². The Bertz CT molecular complexity index is 462. The monoisotopic (exact) mass is 352 g/mol. The molecule has 22 heavy (non-hydrogen) atoms. The second-order valence-electron chi connectivity index (χ2n) is 6.26. The summed E-state index contributed by atoms with van der Waals surface area (Å²) in [4.78, 5) is 12.5. The molecule has 1 aliphatic heterocycles. The number of ketones is 1. The summed E-state index contributed by atoms with van der Waals surface area (Å²) in [5, 5.41) is 0. The van der Waals surface area contributed by atoms with Crippen LogP contribution in [0.25, 0.3) is 0 Å². The number of unbranched alkanes of at least 4 members (excludes halogenated alkanes) is 1. The first-order valence-corrected chi connectivity index (χ1v) is 11.9. The smallest absolute Gasteiger partial charge is 0.276 e. The Morgan fingerprint density at radius 2 is 1.86 bits per heavy atom. The zero-order valence-electron chi connectivity index (χ0n) is 13.4. The number of carbonyl (C=O) groups is 1. The maximum absolute atomic E-state index is 12.5. The minimum Gasteiger partial charge on any atom is -0.380 e. The molecule has 0 unspecified atom stereocenters. The van der Waals surface area contributed by atoms with Crippen LogP contribution < -0.4 is 0 Å². The Morgan fingerprint density at radius 3 is 2.45 bits per heavy atom. The fourth-order valence-electron chi connectivity index (χ4n) is 3.06. The van der Waals surface area contributed by atoms with Gasteiger partial charge < -0.3 is 4.74 Å². The molecular weight excluding hydrogens is 324 g/mol. The number of hydrogen-bond donors (Lipinski definition) is 0. The van der Waals surface area contributed by atoms with Crippen molar-refractivity contribution in [2.75, 3.05) is 36.2 Å². The van der Waals surface area contributed by atoms with E-state index < -0.39 is 20.4 Å². The van der Waals surface area contributed by atoms with Crippen LogP contribution in [0.3, 0.4) is 0 Å². The van der Waals surface area contributed by atoms with Crippen LogP contribution in [0.1, 0.15) is 45.4 Å². The Morgan fingerprint density at radius 1 is 1.23 bits per heavy atom. The number of Topliss-reactive ketones (excluding diaryl/α,β-unsaturated/α-hetero) is 1. The van der Waals surface area contributed by atoms with Gasteiger partial charge >= 0.3 is 0 Å². The van der Waals surface area contributed by atoms with Crippen molar-refractivity contribution < 1.29 is 21.6 Å². The molecule has 0 atom stereocenters.